The molecular weight excluding hydrogens is 186 g/mol. The Morgan fingerprint density at radius 1 is 1.62 bits per heavy atom. The summed E-state index contributed by atoms with van der Waals surface area (Å²) in [6.45, 7) is 3.61. The van der Waals surface area contributed by atoms with E-state index >= 15 is 0 Å². The summed E-state index contributed by atoms with van der Waals surface area (Å²) in [7, 11) is 0. The van der Waals surface area contributed by atoms with Gasteiger partial charge in [0.25, 0.3) is 0 Å². The Balaban J connectivity index is 2.51. The Labute approximate surface area is 81.4 Å². The van der Waals surface area contributed by atoms with Crippen molar-refractivity contribution in [3.63, 3.8) is 0 Å². The zero-order chi connectivity index (χ0) is 9.84. The molecule has 0 aliphatic carbocycles. The first-order valence-corrected chi connectivity index (χ1v) is 5.01. The van der Waals surface area contributed by atoms with Crippen LogP contribution >= 0.6 is 11.3 Å². The molecule has 0 aliphatic heterocycles. The van der Waals surface area contributed by atoms with Crippen molar-refractivity contribution in [2.45, 2.75) is 25.9 Å². The van der Waals surface area contributed by atoms with Gasteiger partial charge in [0.2, 0.25) is 0 Å². The Kier molecular flexibility index (Phi) is 3.45. The van der Waals surface area contributed by atoms with E-state index in [1.807, 2.05) is 24.4 Å². The minimum absolute atomic E-state index is 0.103. The fraction of sp³-hybridized carbons (Fsp3) is 0.444. The molecule has 0 bridgehead atoms. The van der Waals surface area contributed by atoms with Gasteiger partial charge in [-0.3, -0.25) is 10.1 Å². The summed E-state index contributed by atoms with van der Waals surface area (Å²) in [6.07, 6.45) is 0. The fourth-order valence-corrected chi connectivity index (χ4v) is 1.81. The van der Waals surface area contributed by atoms with Crippen molar-refractivity contribution in [3.8, 4) is 0 Å². The third kappa shape index (κ3) is 2.82. The normalized spacial score (nSPS) is 15.2. The molecule has 0 aliphatic rings. The summed E-state index contributed by atoms with van der Waals surface area (Å²) < 4.78 is 0. The SMILES string of the molecule is CC(N[C@H](C)c1cccs1)C(=O)O. The summed E-state index contributed by atoms with van der Waals surface area (Å²) in [5.41, 5.74) is 0. The van der Waals surface area contributed by atoms with Gasteiger partial charge in [-0.15, -0.1) is 11.3 Å². The lowest BCUT2D eigenvalue weighted by molar-refractivity contribution is -0.139. The van der Waals surface area contributed by atoms with E-state index in [1.54, 1.807) is 18.3 Å². The van der Waals surface area contributed by atoms with Crippen molar-refractivity contribution < 1.29 is 9.90 Å². The van der Waals surface area contributed by atoms with Gasteiger partial charge in [0.15, 0.2) is 0 Å². The van der Waals surface area contributed by atoms with Crippen molar-refractivity contribution in [1.29, 1.82) is 0 Å². The van der Waals surface area contributed by atoms with Crippen LogP contribution in [0.3, 0.4) is 0 Å². The van der Waals surface area contributed by atoms with E-state index in [2.05, 4.69) is 5.32 Å². The zero-order valence-electron chi connectivity index (χ0n) is 7.65. The quantitative estimate of drug-likeness (QED) is 0.778. The van der Waals surface area contributed by atoms with Crippen molar-refractivity contribution in [2.75, 3.05) is 0 Å². The molecule has 0 aromatic carbocycles. The maximum Gasteiger partial charge on any atom is 0.320 e. The van der Waals surface area contributed by atoms with E-state index in [4.69, 9.17) is 5.11 Å². The highest BCUT2D eigenvalue weighted by atomic mass is 32.1. The van der Waals surface area contributed by atoms with Crippen LogP contribution in [0.2, 0.25) is 0 Å². The van der Waals surface area contributed by atoms with E-state index in [0.717, 1.165) is 4.88 Å². The smallest absolute Gasteiger partial charge is 0.320 e. The molecule has 4 heteroatoms. The van der Waals surface area contributed by atoms with E-state index < -0.39 is 12.0 Å². The third-order valence-electron chi connectivity index (χ3n) is 1.84. The lowest BCUT2D eigenvalue weighted by Gasteiger charge is -2.15. The van der Waals surface area contributed by atoms with Gasteiger partial charge in [0.1, 0.15) is 6.04 Å². The number of carboxylic acid groups (broad SMARTS) is 1. The predicted octanol–water partition coefficient (Wildman–Crippen LogP) is 1.87. The van der Waals surface area contributed by atoms with Crippen molar-refractivity contribution in [2.24, 2.45) is 0 Å². The minimum Gasteiger partial charge on any atom is -0.480 e. The first-order chi connectivity index (χ1) is 6.11. The second-order valence-electron chi connectivity index (χ2n) is 2.96. The second-order valence-corrected chi connectivity index (χ2v) is 3.94. The van der Waals surface area contributed by atoms with Gasteiger partial charge in [-0.05, 0) is 25.3 Å². The average molecular weight is 199 g/mol. The van der Waals surface area contributed by atoms with Gasteiger partial charge in [0, 0.05) is 10.9 Å². The molecule has 2 N–H and O–H groups in total. The maximum atomic E-state index is 10.5. The molecular formula is C9H13NO2S. The van der Waals surface area contributed by atoms with Crippen molar-refractivity contribution >= 4 is 17.3 Å². The van der Waals surface area contributed by atoms with Gasteiger partial charge in [-0.2, -0.15) is 0 Å². The van der Waals surface area contributed by atoms with Crippen LogP contribution in [0.5, 0.6) is 0 Å². The molecule has 0 saturated heterocycles. The molecule has 3 nitrogen and oxygen atoms in total. The number of rotatable bonds is 4. The molecule has 0 amide bonds. The second kappa shape index (κ2) is 4.39. The Hall–Kier alpha value is -0.870. The summed E-state index contributed by atoms with van der Waals surface area (Å²) in [6, 6.07) is 3.56. The standard InChI is InChI=1S/C9H13NO2S/c1-6(8-4-3-5-13-8)10-7(2)9(11)12/h3-7,10H,1-2H3,(H,11,12)/t6-,7?/m1/s1. The first-order valence-electron chi connectivity index (χ1n) is 4.13. The molecule has 0 radical (unpaired) electrons. The van der Waals surface area contributed by atoms with E-state index in [0.29, 0.717) is 0 Å². The van der Waals surface area contributed by atoms with E-state index in [9.17, 15) is 4.79 Å². The van der Waals surface area contributed by atoms with Crippen LogP contribution in [0.1, 0.15) is 24.8 Å². The average Bonchev–Trinajstić information content (AvgIpc) is 2.55. The van der Waals surface area contributed by atoms with Crippen LogP contribution in [0.4, 0.5) is 0 Å². The van der Waals surface area contributed by atoms with Gasteiger partial charge in [-0.1, -0.05) is 6.07 Å². The molecule has 0 fully saturated rings. The highest BCUT2D eigenvalue weighted by Crippen LogP contribution is 2.18. The number of carbonyl (C=O) groups is 1. The number of nitrogens with one attached hydrogen (secondary N) is 1. The largest absolute Gasteiger partial charge is 0.480 e. The number of carboxylic acids is 1. The van der Waals surface area contributed by atoms with Crippen LogP contribution in [0.25, 0.3) is 0 Å². The summed E-state index contributed by atoms with van der Waals surface area (Å²) in [5.74, 6) is -0.816. The number of thiophene rings is 1. The number of hydrogen-bond acceptors (Lipinski definition) is 3. The van der Waals surface area contributed by atoms with E-state index in [1.165, 1.54) is 0 Å². The molecule has 1 aromatic rings. The van der Waals surface area contributed by atoms with Gasteiger partial charge >= 0.3 is 5.97 Å². The lowest BCUT2D eigenvalue weighted by Crippen LogP contribution is -2.35. The summed E-state index contributed by atoms with van der Waals surface area (Å²) >= 11 is 1.63. The monoisotopic (exact) mass is 199 g/mol. The molecule has 1 rings (SSSR count). The van der Waals surface area contributed by atoms with Crippen LogP contribution in [-0.4, -0.2) is 17.1 Å². The Bertz CT molecular complexity index is 271. The molecule has 72 valence electrons. The van der Waals surface area contributed by atoms with Gasteiger partial charge in [-0.25, -0.2) is 0 Å². The molecule has 1 unspecified atom stereocenters. The highest BCUT2D eigenvalue weighted by Gasteiger charge is 2.14. The molecule has 1 heterocycles. The maximum absolute atomic E-state index is 10.5. The van der Waals surface area contributed by atoms with Crippen LogP contribution in [-0.2, 0) is 4.79 Å². The number of hydrogen-bond donors (Lipinski definition) is 2. The Morgan fingerprint density at radius 2 is 2.31 bits per heavy atom. The molecule has 2 atom stereocenters. The number of aliphatic carboxylic acids is 1. The summed E-state index contributed by atoms with van der Waals surface area (Å²) in [4.78, 5) is 11.7. The van der Waals surface area contributed by atoms with E-state index in [-0.39, 0.29) is 6.04 Å². The van der Waals surface area contributed by atoms with Gasteiger partial charge in [0.05, 0.1) is 0 Å². The topological polar surface area (TPSA) is 49.3 Å². The van der Waals surface area contributed by atoms with Crippen molar-refractivity contribution in [3.05, 3.63) is 22.4 Å². The Morgan fingerprint density at radius 3 is 2.77 bits per heavy atom. The van der Waals surface area contributed by atoms with Gasteiger partial charge < -0.3 is 5.11 Å². The molecule has 0 saturated carbocycles. The molecule has 0 spiro atoms. The van der Waals surface area contributed by atoms with Crippen LogP contribution < -0.4 is 5.32 Å². The lowest BCUT2D eigenvalue weighted by atomic mass is 10.2. The first kappa shape index (κ1) is 10.2. The molecule has 1 aromatic heterocycles. The third-order valence-corrected chi connectivity index (χ3v) is 2.90. The zero-order valence-corrected chi connectivity index (χ0v) is 8.47. The fourth-order valence-electron chi connectivity index (χ4n) is 1.07. The molecule has 13 heavy (non-hydrogen) atoms. The predicted molar refractivity (Wildman–Crippen MR) is 53.0 cm³/mol. The van der Waals surface area contributed by atoms with Crippen molar-refractivity contribution in [1.82, 2.24) is 5.32 Å². The summed E-state index contributed by atoms with van der Waals surface area (Å²) in [5, 5.41) is 13.6. The van der Waals surface area contributed by atoms with Crippen LogP contribution in [0.15, 0.2) is 17.5 Å². The minimum atomic E-state index is -0.816. The van der Waals surface area contributed by atoms with Crippen LogP contribution in [0, 0.1) is 0 Å². The highest BCUT2D eigenvalue weighted by molar-refractivity contribution is 7.10.